The third-order valence-electron chi connectivity index (χ3n) is 28.3. The highest BCUT2D eigenvalue weighted by atomic mass is 35.6. The summed E-state index contributed by atoms with van der Waals surface area (Å²) in [4.78, 5) is 111. The topological polar surface area (TPSA) is 346 Å². The number of carbonyl (C=O) groups excluding carboxylic acids is 7. The Kier molecular flexibility index (Phi) is 42.0. The van der Waals surface area contributed by atoms with Crippen molar-refractivity contribution < 1.29 is 100 Å². The molecule has 0 aromatic heterocycles. The molecule has 148 heavy (non-hydrogen) atoms. The summed E-state index contributed by atoms with van der Waals surface area (Å²) in [6.07, 6.45) is -0.770. The molecule has 25 nitrogen and oxygen atoms in total. The van der Waals surface area contributed by atoms with Crippen molar-refractivity contribution in [3.8, 4) is 44.5 Å². The Morgan fingerprint density at radius 3 is 0.723 bits per heavy atom. The van der Waals surface area contributed by atoms with Gasteiger partial charge in [0.2, 0.25) is 0 Å². The molecule has 4 atom stereocenters. The summed E-state index contributed by atoms with van der Waals surface area (Å²) >= 11 is 6.15. The zero-order valence-electron chi connectivity index (χ0n) is 87.6. The Hall–Kier alpha value is -13.3. The number of esters is 3. The van der Waals surface area contributed by atoms with E-state index >= 15 is 0 Å². The van der Waals surface area contributed by atoms with Crippen LogP contribution < -0.4 is 21.3 Å². The monoisotopic (exact) mass is 2080 g/mol. The molecule has 11 aromatic rings. The summed E-state index contributed by atoms with van der Waals surface area (Å²) < 4.78 is 50.8. The van der Waals surface area contributed by atoms with Crippen LogP contribution in [0.4, 0.5) is 19.2 Å². The maximum atomic E-state index is 13.1. The van der Waals surface area contributed by atoms with Gasteiger partial charge in [0.25, 0.3) is 0 Å². The highest BCUT2D eigenvalue weighted by molar-refractivity contribution is 7.20. The number of nitrogens with one attached hydrogen (secondary N) is 4. The van der Waals surface area contributed by atoms with Crippen molar-refractivity contribution in [2.24, 2.45) is 0 Å². The molecule has 784 valence electrons. The minimum atomic E-state index is -1.91. The molecule has 4 aliphatic carbocycles. The van der Waals surface area contributed by atoms with Gasteiger partial charge in [0, 0.05) is 49.9 Å². The van der Waals surface area contributed by atoms with Gasteiger partial charge in [-0.05, 0) is 192 Å². The number of aliphatic hydroxyl groups is 1. The van der Waals surface area contributed by atoms with Crippen molar-refractivity contribution in [3.63, 3.8) is 0 Å². The van der Waals surface area contributed by atoms with Crippen LogP contribution in [0.3, 0.4) is 0 Å². The normalized spacial score (nSPS) is 13.5. The summed E-state index contributed by atoms with van der Waals surface area (Å²) in [5.41, 5.74) is 20.5. The van der Waals surface area contributed by atoms with Crippen LogP contribution >= 0.6 is 11.1 Å². The number of aliphatic hydroxyl groups excluding tert-OH is 1. The van der Waals surface area contributed by atoms with Crippen LogP contribution in [0, 0.1) is 0 Å². The molecule has 4 amide bonds. The highest BCUT2D eigenvalue weighted by Crippen LogP contribution is 2.50. The van der Waals surface area contributed by atoms with Gasteiger partial charge >= 0.3 is 54.2 Å². The zero-order valence-corrected chi connectivity index (χ0v) is 91.3. The summed E-state index contributed by atoms with van der Waals surface area (Å²) in [5.74, 6) is -4.20. The highest BCUT2D eigenvalue weighted by Gasteiger charge is 2.41. The van der Waals surface area contributed by atoms with E-state index in [1.165, 1.54) is 0 Å². The first-order chi connectivity index (χ1) is 70.5. The number of carbonyl (C=O) groups is 9. The van der Waals surface area contributed by atoms with Gasteiger partial charge in [-0.1, -0.05) is 361 Å². The second-order valence-electron chi connectivity index (χ2n) is 41.7. The number of carboxylic acids is 2. The van der Waals surface area contributed by atoms with Crippen LogP contribution in [0.25, 0.3) is 44.5 Å². The fourth-order valence-corrected chi connectivity index (χ4v) is 19.0. The van der Waals surface area contributed by atoms with Crippen LogP contribution in [0.1, 0.15) is 199 Å². The molecule has 0 saturated carbocycles. The number of hydrogen-bond acceptors (Lipinski definition) is 19. The first-order valence-electron chi connectivity index (χ1n) is 50.6. The molecule has 0 spiro atoms. The van der Waals surface area contributed by atoms with E-state index in [0.29, 0.717) is 43.9 Å². The number of hydrogen-bond donors (Lipinski definition) is 7. The standard InChI is InChI=1S/C33H41NO5Si.C27H25NO6.C27H27NO5.C26H35NO5Si.C6H15ClSi/c1-33(2,3)40(4,5)39-21-13-20-30(31(35)37-22-24-14-7-6-8-15-24)34-32(36)38-23-29-27-18-11-9-16-25(27)26-17-10-12-19-28(26)29;29-25(30)15-14-24(26(31)33-16-18-8-2-1-3-9-18)28-27(32)34-17-23-21-12-6-4-10-19(21)20-11-5-7-13-22(20)23;29-16-8-15-25(26(30)32-17-19-9-2-1-3-10-19)28-27(31)33-18-24-22-13-6-4-11-20(22)21-12-5-7-14-23(21)24;1-26(2,3)33(4,5)32-16-10-15-23(24(28)29)27-25(30)31-17-22-20-13-8-6-11-18(20)19-12-7-9-14-21(19)22;1-6(2,3)8(4,5)7/h6-12,14-19,29-30H,13,20-23H2,1-5H3,(H,34,36);1-13,23-24H,14-17H2,(H,28,32)(H,29,30);1-7,9-14,24-25,29H,8,15-18H2,(H,28,31);6-9,11-14,22-23H,10,15-17H2,1-5H3,(H,27,30)(H,28,29);1-5H3/t30-;24-;25-;23-;/m0000./s1. The minimum Gasteiger partial charge on any atom is -0.481 e. The quantitative estimate of drug-likeness (QED) is 0.00621. The smallest absolute Gasteiger partial charge is 0.407 e. The number of aliphatic carboxylic acids is 2. The van der Waals surface area contributed by atoms with Gasteiger partial charge in [0.05, 0.1) is 0 Å². The van der Waals surface area contributed by atoms with Crippen LogP contribution in [-0.4, -0.2) is 164 Å². The molecule has 0 aliphatic heterocycles. The van der Waals surface area contributed by atoms with E-state index in [9.17, 15) is 53.4 Å². The molecule has 0 saturated heterocycles. The lowest BCUT2D eigenvalue weighted by atomic mass is 9.98. The van der Waals surface area contributed by atoms with Gasteiger partial charge in [-0.3, -0.25) is 4.79 Å². The van der Waals surface area contributed by atoms with Crippen molar-refractivity contribution >= 4 is 89.3 Å². The summed E-state index contributed by atoms with van der Waals surface area (Å²) in [6, 6.07) is 88.8. The second-order valence-corrected chi connectivity index (χ2v) is 58.6. The van der Waals surface area contributed by atoms with Gasteiger partial charge in [0.1, 0.15) is 70.4 Å². The van der Waals surface area contributed by atoms with E-state index in [2.05, 4.69) is 171 Å². The van der Waals surface area contributed by atoms with Crippen molar-refractivity contribution in [3.05, 3.63) is 346 Å². The molecule has 7 N–H and O–H groups in total. The predicted octanol–water partition coefficient (Wildman–Crippen LogP) is 25.4. The molecule has 0 radical (unpaired) electrons. The Balaban J connectivity index is 0.000000183. The molecule has 29 heteroatoms. The lowest BCUT2D eigenvalue weighted by Crippen LogP contribution is -2.43. The first-order valence-corrected chi connectivity index (χ1v) is 60.5. The first kappa shape index (κ1) is 115. The van der Waals surface area contributed by atoms with E-state index in [4.69, 9.17) is 58.2 Å². The van der Waals surface area contributed by atoms with E-state index in [1.807, 2.05) is 224 Å². The fraction of sp³-hybridized carbons (Fsp3) is 0.370. The average Bonchev–Trinajstić information content (AvgIpc) is 1.63. The van der Waals surface area contributed by atoms with Crippen molar-refractivity contribution in [1.82, 2.24) is 21.3 Å². The number of alkyl carbamates (subject to hydrolysis) is 4. The van der Waals surface area contributed by atoms with Gasteiger partial charge in [-0.15, -0.1) is 0 Å². The number of rotatable bonds is 38. The van der Waals surface area contributed by atoms with E-state index < -0.39 is 102 Å². The fourth-order valence-electron chi connectivity index (χ4n) is 16.8. The van der Waals surface area contributed by atoms with E-state index in [-0.39, 0.29) is 112 Å². The van der Waals surface area contributed by atoms with Gasteiger partial charge in [-0.2, -0.15) is 11.1 Å². The van der Waals surface area contributed by atoms with Crippen molar-refractivity contribution in [1.29, 1.82) is 0 Å². The Morgan fingerprint density at radius 2 is 0.507 bits per heavy atom. The maximum absolute atomic E-state index is 13.1. The number of amides is 4. The Bertz CT molecular complexity index is 6070. The van der Waals surface area contributed by atoms with Crippen LogP contribution in [-0.2, 0) is 85.8 Å². The number of fused-ring (bicyclic) bond motifs is 12. The van der Waals surface area contributed by atoms with Gasteiger partial charge < -0.3 is 78.6 Å². The van der Waals surface area contributed by atoms with Gasteiger partial charge in [0.15, 0.2) is 24.0 Å². The summed E-state index contributed by atoms with van der Waals surface area (Å²) in [7, 11) is -5.18. The molecule has 0 fully saturated rings. The van der Waals surface area contributed by atoms with Crippen LogP contribution in [0.2, 0.25) is 54.4 Å². The summed E-state index contributed by atoms with van der Waals surface area (Å²) in [5, 5.41) is 38.7. The maximum Gasteiger partial charge on any atom is 0.407 e. The molecule has 0 unspecified atom stereocenters. The van der Waals surface area contributed by atoms with E-state index in [0.717, 1.165) is 106 Å². The second kappa shape index (κ2) is 54.0. The van der Waals surface area contributed by atoms with Crippen LogP contribution in [0.5, 0.6) is 0 Å². The third-order valence-corrected chi connectivity index (χ3v) is 42.6. The number of ether oxygens (including phenoxy) is 7. The number of benzene rings is 11. The largest absolute Gasteiger partial charge is 0.481 e. The van der Waals surface area contributed by atoms with E-state index in [1.54, 1.807) is 12.1 Å². The Labute approximate surface area is 878 Å². The third kappa shape index (κ3) is 32.6. The Morgan fingerprint density at radius 1 is 0.297 bits per heavy atom. The molecule has 0 heterocycles. The molecule has 4 aliphatic rings. The van der Waals surface area contributed by atoms with Crippen LogP contribution in [0.15, 0.2) is 285 Å². The lowest BCUT2D eigenvalue weighted by molar-refractivity contribution is -0.148. The van der Waals surface area contributed by atoms with Crippen molar-refractivity contribution in [2.45, 2.75) is 236 Å². The molecule has 0 bridgehead atoms. The predicted molar refractivity (Wildman–Crippen MR) is 585 cm³/mol. The average molecular weight is 2090 g/mol. The lowest BCUT2D eigenvalue weighted by Gasteiger charge is -2.36. The van der Waals surface area contributed by atoms with Gasteiger partial charge in [-0.25, -0.2) is 38.4 Å². The zero-order chi connectivity index (χ0) is 107. The minimum absolute atomic E-state index is 0.0234. The number of halogens is 1. The SMILES string of the molecule is CC(C)(C)[Si](C)(C)Cl.CC(C)(C)[Si](C)(C)OCCC[C@H](NC(=O)OCC1c2ccccc2-c2ccccc21)C(=O)O.CC(C)(C)[Si](C)(C)OCCC[C@H](NC(=O)OCC1c2ccccc2-c2ccccc21)C(=O)OCc1ccccc1.O=C(N[C@@H](CCCO)C(=O)OCc1ccccc1)OCC1c2ccccc2-c2ccccc21.O=C(O)CC[C@H](NC(=O)OCC1c2ccccc2-c2ccccc21)C(=O)OCc1ccccc1. The number of carboxylic acid groups (broad SMARTS) is 2. The summed E-state index contributed by atoms with van der Waals surface area (Å²) in [6.45, 7) is 34.5. The molecule has 11 aromatic carbocycles. The molecular formula is C119H143ClN4O21Si3. The van der Waals surface area contributed by atoms with Crippen molar-refractivity contribution in [2.75, 3.05) is 46.2 Å². The molecular weight excluding hydrogens is 1940 g/mol. The molecule has 15 rings (SSSR count).